The highest BCUT2D eigenvalue weighted by atomic mass is 16.5. The van der Waals surface area contributed by atoms with Crippen LogP contribution in [0.1, 0.15) is 31.9 Å². The molecule has 0 spiro atoms. The topological polar surface area (TPSA) is 38.5 Å². The normalized spacial score (nSPS) is 13.1. The summed E-state index contributed by atoms with van der Waals surface area (Å²) in [5.74, 6) is 1.55. The summed E-state index contributed by atoms with van der Waals surface area (Å²) in [6.07, 6.45) is 0. The minimum atomic E-state index is 0.423. The van der Waals surface area contributed by atoms with Crippen molar-refractivity contribution in [2.75, 3.05) is 20.2 Å². The second kappa shape index (κ2) is 7.51. The van der Waals surface area contributed by atoms with E-state index in [-0.39, 0.29) is 0 Å². The number of likely N-dealkylation sites (N-methyl/N-ethyl adjacent to an activating group) is 1. The van der Waals surface area contributed by atoms with Crippen molar-refractivity contribution in [3.05, 3.63) is 29.3 Å². The molecule has 0 aromatic heterocycles. The number of ether oxygens (including phenoxy) is 1. The second-order valence-corrected chi connectivity index (χ2v) is 5.50. The quantitative estimate of drug-likeness (QED) is 0.823. The highest BCUT2D eigenvalue weighted by molar-refractivity contribution is 5.36. The van der Waals surface area contributed by atoms with Crippen molar-refractivity contribution in [1.82, 2.24) is 4.90 Å². The molecule has 2 N–H and O–H groups in total. The first kappa shape index (κ1) is 16.0. The van der Waals surface area contributed by atoms with E-state index in [1.54, 1.807) is 0 Å². The summed E-state index contributed by atoms with van der Waals surface area (Å²) in [5, 5.41) is 0. The average Bonchev–Trinajstić information content (AvgIpc) is 2.33. The molecule has 19 heavy (non-hydrogen) atoms. The van der Waals surface area contributed by atoms with Crippen LogP contribution in [0.15, 0.2) is 18.2 Å². The van der Waals surface area contributed by atoms with Gasteiger partial charge in [0.05, 0.1) is 6.61 Å². The summed E-state index contributed by atoms with van der Waals surface area (Å²) in [6.45, 7) is 10.9. The summed E-state index contributed by atoms with van der Waals surface area (Å²) in [4.78, 5) is 2.33. The fourth-order valence-corrected chi connectivity index (χ4v) is 2.49. The maximum Gasteiger partial charge on any atom is 0.122 e. The van der Waals surface area contributed by atoms with Crippen LogP contribution in [0.25, 0.3) is 0 Å². The first-order chi connectivity index (χ1) is 8.99. The monoisotopic (exact) mass is 264 g/mol. The minimum Gasteiger partial charge on any atom is -0.494 e. The zero-order valence-corrected chi connectivity index (χ0v) is 12.9. The Morgan fingerprint density at radius 1 is 1.32 bits per heavy atom. The largest absolute Gasteiger partial charge is 0.494 e. The summed E-state index contributed by atoms with van der Waals surface area (Å²) < 4.78 is 5.57. The predicted molar refractivity (Wildman–Crippen MR) is 81.5 cm³/mol. The van der Waals surface area contributed by atoms with E-state index in [1.165, 1.54) is 11.1 Å². The number of hydrogen-bond acceptors (Lipinski definition) is 3. The van der Waals surface area contributed by atoms with Crippen LogP contribution in [0.3, 0.4) is 0 Å². The zero-order chi connectivity index (χ0) is 14.4. The molecular weight excluding hydrogens is 236 g/mol. The molecule has 0 saturated carbocycles. The van der Waals surface area contributed by atoms with Crippen molar-refractivity contribution in [1.29, 1.82) is 0 Å². The maximum absolute atomic E-state index is 5.86. The highest BCUT2D eigenvalue weighted by Gasteiger charge is 2.17. The fraction of sp³-hybridized carbons (Fsp3) is 0.625. The van der Waals surface area contributed by atoms with Gasteiger partial charge in [0, 0.05) is 19.1 Å². The van der Waals surface area contributed by atoms with Gasteiger partial charge >= 0.3 is 0 Å². The van der Waals surface area contributed by atoms with Crippen molar-refractivity contribution in [2.45, 2.75) is 40.3 Å². The minimum absolute atomic E-state index is 0.423. The Morgan fingerprint density at radius 3 is 2.47 bits per heavy atom. The Hall–Kier alpha value is -1.06. The Morgan fingerprint density at radius 2 is 2.00 bits per heavy atom. The molecule has 108 valence electrons. The third kappa shape index (κ3) is 4.51. The van der Waals surface area contributed by atoms with E-state index in [0.29, 0.717) is 25.1 Å². The molecular formula is C16H28N2O. The van der Waals surface area contributed by atoms with Gasteiger partial charge in [-0.05, 0) is 44.0 Å². The molecule has 0 aliphatic rings. The third-order valence-electron chi connectivity index (χ3n) is 3.55. The zero-order valence-electron chi connectivity index (χ0n) is 12.9. The van der Waals surface area contributed by atoms with E-state index in [0.717, 1.165) is 12.3 Å². The van der Waals surface area contributed by atoms with Crippen LogP contribution in [-0.4, -0.2) is 31.1 Å². The first-order valence-electron chi connectivity index (χ1n) is 7.12. The molecule has 3 nitrogen and oxygen atoms in total. The van der Waals surface area contributed by atoms with Gasteiger partial charge in [-0.1, -0.05) is 26.0 Å². The Labute approximate surface area is 117 Å². The van der Waals surface area contributed by atoms with Crippen LogP contribution in [0.4, 0.5) is 0 Å². The van der Waals surface area contributed by atoms with E-state index < -0.39 is 0 Å². The first-order valence-corrected chi connectivity index (χ1v) is 7.12. The van der Waals surface area contributed by atoms with E-state index >= 15 is 0 Å². The maximum atomic E-state index is 5.86. The van der Waals surface area contributed by atoms with Crippen molar-refractivity contribution >= 4 is 0 Å². The number of nitrogens with two attached hydrogens (primary N) is 1. The molecule has 1 aromatic rings. The lowest BCUT2D eigenvalue weighted by Crippen LogP contribution is -2.41. The number of hydrogen-bond donors (Lipinski definition) is 1. The standard InChI is InChI=1S/C16H28N2O/c1-6-19-16-8-7-14(9-13(16)4)11-18(5)15(10-17)12(2)3/h7-9,12,15H,6,10-11,17H2,1-5H3. The Balaban J connectivity index is 2.74. The summed E-state index contributed by atoms with van der Waals surface area (Å²) in [5.41, 5.74) is 8.36. The fourth-order valence-electron chi connectivity index (χ4n) is 2.49. The summed E-state index contributed by atoms with van der Waals surface area (Å²) in [7, 11) is 2.14. The second-order valence-electron chi connectivity index (χ2n) is 5.50. The van der Waals surface area contributed by atoms with Crippen molar-refractivity contribution in [3.63, 3.8) is 0 Å². The number of aryl methyl sites for hydroxylation is 1. The van der Waals surface area contributed by atoms with E-state index in [1.807, 2.05) is 6.92 Å². The van der Waals surface area contributed by atoms with Crippen molar-refractivity contribution in [3.8, 4) is 5.75 Å². The molecule has 0 bridgehead atoms. The lowest BCUT2D eigenvalue weighted by atomic mass is 10.0. The van der Waals surface area contributed by atoms with Gasteiger partial charge < -0.3 is 10.5 Å². The average molecular weight is 264 g/mol. The summed E-state index contributed by atoms with van der Waals surface area (Å²) in [6, 6.07) is 6.83. The molecule has 1 rings (SSSR count). The lowest BCUT2D eigenvalue weighted by Gasteiger charge is -2.30. The van der Waals surface area contributed by atoms with Crippen LogP contribution >= 0.6 is 0 Å². The smallest absolute Gasteiger partial charge is 0.122 e. The molecule has 1 unspecified atom stereocenters. The van der Waals surface area contributed by atoms with Crippen molar-refractivity contribution in [2.24, 2.45) is 11.7 Å². The number of rotatable bonds is 7. The molecule has 0 aliphatic carbocycles. The molecule has 0 radical (unpaired) electrons. The lowest BCUT2D eigenvalue weighted by molar-refractivity contribution is 0.190. The van der Waals surface area contributed by atoms with Crippen LogP contribution in [-0.2, 0) is 6.54 Å². The van der Waals surface area contributed by atoms with Crippen molar-refractivity contribution < 1.29 is 4.74 Å². The highest BCUT2D eigenvalue weighted by Crippen LogP contribution is 2.20. The Bertz CT molecular complexity index is 390. The van der Waals surface area contributed by atoms with Crippen LogP contribution < -0.4 is 10.5 Å². The molecule has 1 atom stereocenters. The van der Waals surface area contributed by atoms with Gasteiger partial charge in [-0.25, -0.2) is 0 Å². The Kier molecular flexibility index (Phi) is 6.32. The molecule has 0 saturated heterocycles. The third-order valence-corrected chi connectivity index (χ3v) is 3.55. The van der Waals surface area contributed by atoms with Crippen LogP contribution in [0.2, 0.25) is 0 Å². The van der Waals surface area contributed by atoms with Gasteiger partial charge in [0.25, 0.3) is 0 Å². The molecule has 3 heteroatoms. The van der Waals surface area contributed by atoms with Crippen LogP contribution in [0.5, 0.6) is 5.75 Å². The van der Waals surface area contributed by atoms with Gasteiger partial charge in [0.1, 0.15) is 5.75 Å². The van der Waals surface area contributed by atoms with E-state index in [9.17, 15) is 0 Å². The molecule has 1 aromatic carbocycles. The van der Waals surface area contributed by atoms with Crippen LogP contribution in [0, 0.1) is 12.8 Å². The van der Waals surface area contributed by atoms with Gasteiger partial charge in [-0.2, -0.15) is 0 Å². The number of benzene rings is 1. The molecule has 0 heterocycles. The summed E-state index contributed by atoms with van der Waals surface area (Å²) >= 11 is 0. The molecule has 0 aliphatic heterocycles. The van der Waals surface area contributed by atoms with Gasteiger partial charge in [-0.15, -0.1) is 0 Å². The van der Waals surface area contributed by atoms with E-state index in [2.05, 4.69) is 50.9 Å². The molecule has 0 fully saturated rings. The van der Waals surface area contributed by atoms with Gasteiger partial charge in [0.15, 0.2) is 0 Å². The van der Waals surface area contributed by atoms with E-state index in [4.69, 9.17) is 10.5 Å². The predicted octanol–water partition coefficient (Wildman–Crippen LogP) is 2.81. The number of nitrogens with zero attached hydrogens (tertiary/aromatic N) is 1. The molecule has 0 amide bonds. The SMILES string of the molecule is CCOc1ccc(CN(C)C(CN)C(C)C)cc1C. The van der Waals surface area contributed by atoms with Gasteiger partial charge in [-0.3, -0.25) is 4.90 Å². The van der Waals surface area contributed by atoms with Gasteiger partial charge in [0.2, 0.25) is 0 Å².